The summed E-state index contributed by atoms with van der Waals surface area (Å²) >= 11 is 0. The predicted molar refractivity (Wildman–Crippen MR) is 87.1 cm³/mol. The summed E-state index contributed by atoms with van der Waals surface area (Å²) in [6.07, 6.45) is 7.65. The Morgan fingerprint density at radius 2 is 1.60 bits per heavy atom. The summed E-state index contributed by atoms with van der Waals surface area (Å²) in [6, 6.07) is 0. The zero-order valence-corrected chi connectivity index (χ0v) is 14.5. The van der Waals surface area contributed by atoms with E-state index in [1.807, 2.05) is 6.92 Å². The highest BCUT2D eigenvalue weighted by atomic mass is 16.7. The second kappa shape index (κ2) is 13.8. The quantitative estimate of drug-likeness (QED) is 0.351. The number of hydrogen-bond acceptors (Lipinski definition) is 3. The van der Waals surface area contributed by atoms with Crippen molar-refractivity contribution in [2.75, 3.05) is 33.4 Å². The molecule has 122 valence electrons. The van der Waals surface area contributed by atoms with Crippen LogP contribution in [0, 0.1) is 5.92 Å². The van der Waals surface area contributed by atoms with Crippen LogP contribution < -0.4 is 0 Å². The van der Waals surface area contributed by atoms with Gasteiger partial charge in [0.25, 0.3) is 0 Å². The summed E-state index contributed by atoms with van der Waals surface area (Å²) in [5, 5.41) is 0. The maximum absolute atomic E-state index is 5.52. The first-order chi connectivity index (χ1) is 9.71. The molecular weight excluding hydrogens is 250 g/mol. The molecule has 0 aromatic rings. The molecule has 0 amide bonds. The molecular formula is C17H37NO2. The van der Waals surface area contributed by atoms with Crippen molar-refractivity contribution in [3.63, 3.8) is 0 Å². The van der Waals surface area contributed by atoms with Crippen LogP contribution in [-0.2, 0) is 9.47 Å². The molecule has 0 bridgehead atoms. The Labute approximate surface area is 127 Å². The van der Waals surface area contributed by atoms with Crippen molar-refractivity contribution in [3.8, 4) is 0 Å². The molecule has 0 saturated carbocycles. The molecule has 1 atom stereocenters. The molecule has 20 heavy (non-hydrogen) atoms. The molecule has 3 heteroatoms. The lowest BCUT2D eigenvalue weighted by Gasteiger charge is -2.23. The Hall–Kier alpha value is -0.120. The zero-order valence-electron chi connectivity index (χ0n) is 14.5. The minimum Gasteiger partial charge on any atom is -0.356 e. The maximum Gasteiger partial charge on any atom is 0.158 e. The molecule has 0 aromatic carbocycles. The van der Waals surface area contributed by atoms with Gasteiger partial charge in [-0.1, -0.05) is 46.5 Å². The molecule has 0 heterocycles. The third-order valence-electron chi connectivity index (χ3n) is 4.24. The van der Waals surface area contributed by atoms with E-state index in [9.17, 15) is 0 Å². The number of methoxy groups -OCH3 is 1. The fourth-order valence-electron chi connectivity index (χ4n) is 2.64. The molecule has 0 saturated heterocycles. The van der Waals surface area contributed by atoms with Crippen LogP contribution in [0.25, 0.3) is 0 Å². The van der Waals surface area contributed by atoms with Gasteiger partial charge in [-0.2, -0.15) is 0 Å². The van der Waals surface area contributed by atoms with Gasteiger partial charge in [-0.3, -0.25) is 0 Å². The van der Waals surface area contributed by atoms with E-state index in [4.69, 9.17) is 9.47 Å². The van der Waals surface area contributed by atoms with Crippen molar-refractivity contribution in [1.29, 1.82) is 0 Å². The van der Waals surface area contributed by atoms with Crippen LogP contribution in [0.4, 0.5) is 0 Å². The van der Waals surface area contributed by atoms with Gasteiger partial charge in [-0.25, -0.2) is 0 Å². The standard InChI is InChI=1S/C17H37NO2/c1-6-16(7-2)12-10-11-14-18(8-3)15-13-17(19-5)20-9-4/h16-17H,6-15H2,1-5H3. The van der Waals surface area contributed by atoms with E-state index in [0.717, 1.165) is 32.0 Å². The second-order valence-corrected chi connectivity index (χ2v) is 5.52. The zero-order chi connectivity index (χ0) is 15.2. The van der Waals surface area contributed by atoms with Gasteiger partial charge in [0, 0.05) is 26.7 Å². The number of rotatable bonds is 14. The Morgan fingerprint density at radius 1 is 0.900 bits per heavy atom. The van der Waals surface area contributed by atoms with Crippen LogP contribution in [0.2, 0.25) is 0 Å². The Kier molecular flexibility index (Phi) is 13.8. The monoisotopic (exact) mass is 287 g/mol. The SMILES string of the molecule is CCOC(CCN(CC)CCCCC(CC)CC)OC. The van der Waals surface area contributed by atoms with Crippen LogP contribution in [0.15, 0.2) is 0 Å². The van der Waals surface area contributed by atoms with Crippen molar-refractivity contribution in [2.24, 2.45) is 5.92 Å². The van der Waals surface area contributed by atoms with Gasteiger partial charge in [0.15, 0.2) is 6.29 Å². The van der Waals surface area contributed by atoms with Crippen LogP contribution in [0.3, 0.4) is 0 Å². The first kappa shape index (κ1) is 19.9. The van der Waals surface area contributed by atoms with Crippen LogP contribution in [-0.4, -0.2) is 44.5 Å². The number of hydrogen-bond donors (Lipinski definition) is 0. The highest BCUT2D eigenvalue weighted by molar-refractivity contribution is 4.60. The lowest BCUT2D eigenvalue weighted by Crippen LogP contribution is -2.29. The summed E-state index contributed by atoms with van der Waals surface area (Å²) in [5.41, 5.74) is 0. The largest absolute Gasteiger partial charge is 0.356 e. The highest BCUT2D eigenvalue weighted by Gasteiger charge is 2.10. The van der Waals surface area contributed by atoms with E-state index in [0.29, 0.717) is 0 Å². The van der Waals surface area contributed by atoms with Gasteiger partial charge in [0.05, 0.1) is 0 Å². The average molecular weight is 287 g/mol. The fraction of sp³-hybridized carbons (Fsp3) is 1.00. The van der Waals surface area contributed by atoms with E-state index < -0.39 is 0 Å². The topological polar surface area (TPSA) is 21.7 Å². The molecule has 0 aromatic heterocycles. The van der Waals surface area contributed by atoms with E-state index >= 15 is 0 Å². The average Bonchev–Trinajstić information content (AvgIpc) is 2.49. The summed E-state index contributed by atoms with van der Waals surface area (Å²) in [4.78, 5) is 2.51. The molecule has 0 radical (unpaired) electrons. The number of nitrogens with zero attached hydrogens (tertiary/aromatic N) is 1. The lowest BCUT2D eigenvalue weighted by molar-refractivity contribution is -0.126. The summed E-state index contributed by atoms with van der Waals surface area (Å²) in [6.45, 7) is 13.0. The molecule has 0 fully saturated rings. The van der Waals surface area contributed by atoms with Crippen LogP contribution in [0.1, 0.15) is 66.2 Å². The lowest BCUT2D eigenvalue weighted by atomic mass is 9.97. The molecule has 1 unspecified atom stereocenters. The smallest absolute Gasteiger partial charge is 0.158 e. The summed E-state index contributed by atoms with van der Waals surface area (Å²) in [5.74, 6) is 0.931. The number of unbranched alkanes of at least 4 members (excludes halogenated alkanes) is 1. The third-order valence-corrected chi connectivity index (χ3v) is 4.24. The van der Waals surface area contributed by atoms with Crippen molar-refractivity contribution in [2.45, 2.75) is 72.5 Å². The first-order valence-corrected chi connectivity index (χ1v) is 8.58. The Balaban J connectivity index is 3.75. The molecule has 0 aliphatic heterocycles. The van der Waals surface area contributed by atoms with E-state index in [1.54, 1.807) is 7.11 Å². The molecule has 0 N–H and O–H groups in total. The van der Waals surface area contributed by atoms with Gasteiger partial charge in [-0.15, -0.1) is 0 Å². The van der Waals surface area contributed by atoms with Gasteiger partial charge < -0.3 is 14.4 Å². The minimum atomic E-state index is -0.0430. The van der Waals surface area contributed by atoms with Crippen LogP contribution in [0.5, 0.6) is 0 Å². The van der Waals surface area contributed by atoms with Crippen molar-refractivity contribution in [3.05, 3.63) is 0 Å². The molecule has 0 aliphatic carbocycles. The Morgan fingerprint density at radius 3 is 2.10 bits per heavy atom. The summed E-state index contributed by atoms with van der Waals surface area (Å²) < 4.78 is 10.8. The summed E-state index contributed by atoms with van der Waals surface area (Å²) in [7, 11) is 1.73. The molecule has 0 spiro atoms. The van der Waals surface area contributed by atoms with Gasteiger partial charge in [0.2, 0.25) is 0 Å². The highest BCUT2D eigenvalue weighted by Crippen LogP contribution is 2.16. The van der Waals surface area contributed by atoms with Gasteiger partial charge >= 0.3 is 0 Å². The van der Waals surface area contributed by atoms with E-state index in [-0.39, 0.29) is 6.29 Å². The van der Waals surface area contributed by atoms with E-state index in [2.05, 4.69) is 25.7 Å². The van der Waals surface area contributed by atoms with Crippen molar-refractivity contribution < 1.29 is 9.47 Å². The number of ether oxygens (including phenoxy) is 2. The fourth-order valence-corrected chi connectivity index (χ4v) is 2.64. The maximum atomic E-state index is 5.52. The predicted octanol–water partition coefficient (Wildman–Crippen LogP) is 4.31. The molecule has 0 aliphatic rings. The Bertz CT molecular complexity index is 195. The third kappa shape index (κ3) is 9.73. The minimum absolute atomic E-state index is 0.0430. The van der Waals surface area contributed by atoms with Crippen molar-refractivity contribution in [1.82, 2.24) is 4.90 Å². The molecule has 3 nitrogen and oxygen atoms in total. The van der Waals surface area contributed by atoms with Crippen molar-refractivity contribution >= 4 is 0 Å². The van der Waals surface area contributed by atoms with E-state index in [1.165, 1.54) is 38.6 Å². The second-order valence-electron chi connectivity index (χ2n) is 5.52. The normalized spacial score (nSPS) is 13.3. The first-order valence-electron chi connectivity index (χ1n) is 8.58. The van der Waals surface area contributed by atoms with Gasteiger partial charge in [0.1, 0.15) is 0 Å². The van der Waals surface area contributed by atoms with Gasteiger partial charge in [-0.05, 0) is 32.4 Å². The van der Waals surface area contributed by atoms with Crippen LogP contribution >= 0.6 is 0 Å². The molecule has 0 rings (SSSR count).